The fourth-order valence-electron chi connectivity index (χ4n) is 3.51. The van der Waals surface area contributed by atoms with Crippen LogP contribution in [0.3, 0.4) is 0 Å². The number of halogens is 1. The fraction of sp³-hybridized carbons (Fsp3) is 0.227. The molecule has 0 saturated carbocycles. The van der Waals surface area contributed by atoms with E-state index >= 15 is 0 Å². The van der Waals surface area contributed by atoms with Crippen LogP contribution in [0.5, 0.6) is 0 Å². The second-order valence-electron chi connectivity index (χ2n) is 6.92. The Kier molecular flexibility index (Phi) is 5.90. The maximum atomic E-state index is 13.3. The van der Waals surface area contributed by atoms with Crippen molar-refractivity contribution < 1.29 is 9.59 Å². The van der Waals surface area contributed by atoms with Crippen LogP contribution in [0, 0.1) is 0 Å². The highest BCUT2D eigenvalue weighted by atomic mass is 79.9. The number of unbranched alkanes of at least 4 members (excludes halogenated alkanes) is 1. The molecule has 148 valence electrons. The number of amides is 2. The average molecular weight is 487 g/mol. The molecule has 2 aromatic carbocycles. The van der Waals surface area contributed by atoms with Gasteiger partial charge in [0.15, 0.2) is 0 Å². The Morgan fingerprint density at radius 1 is 1.03 bits per heavy atom. The highest BCUT2D eigenvalue weighted by molar-refractivity contribution is 9.10. The maximum absolute atomic E-state index is 13.3. The molecule has 2 amide bonds. The number of anilines is 1. The van der Waals surface area contributed by atoms with E-state index in [1.54, 1.807) is 9.80 Å². The summed E-state index contributed by atoms with van der Waals surface area (Å²) in [5.41, 5.74) is 3.11. The first-order valence-corrected chi connectivity index (χ1v) is 11.5. The lowest BCUT2D eigenvalue weighted by Crippen LogP contribution is -2.29. The smallest absolute Gasteiger partial charge is 0.267 e. The number of carbonyl (C=O) groups excluding carboxylic acids is 2. The number of rotatable bonds is 5. The molecule has 0 radical (unpaired) electrons. The fourth-order valence-corrected chi connectivity index (χ4v) is 5.20. The molecule has 1 saturated heterocycles. The van der Waals surface area contributed by atoms with Crippen molar-refractivity contribution in [2.45, 2.75) is 26.3 Å². The average Bonchev–Trinajstić information content (AvgIpc) is 3.14. The van der Waals surface area contributed by atoms with Crippen molar-refractivity contribution in [3.63, 3.8) is 0 Å². The molecule has 4 nitrogen and oxygen atoms in total. The molecule has 1 fully saturated rings. The summed E-state index contributed by atoms with van der Waals surface area (Å²) in [4.78, 5) is 30.3. The first-order valence-electron chi connectivity index (χ1n) is 9.45. The molecule has 0 N–H and O–H groups in total. The Morgan fingerprint density at radius 3 is 2.52 bits per heavy atom. The van der Waals surface area contributed by atoms with Crippen LogP contribution in [-0.4, -0.2) is 27.6 Å². The second-order valence-corrected chi connectivity index (χ2v) is 9.48. The minimum absolute atomic E-state index is 0.119. The Bertz CT molecular complexity index is 1040. The van der Waals surface area contributed by atoms with Gasteiger partial charge in [-0.2, -0.15) is 0 Å². The van der Waals surface area contributed by atoms with Crippen molar-refractivity contribution >= 4 is 67.3 Å². The van der Waals surface area contributed by atoms with E-state index in [0.717, 1.165) is 34.1 Å². The monoisotopic (exact) mass is 486 g/mol. The quantitative estimate of drug-likeness (QED) is 0.420. The highest BCUT2D eigenvalue weighted by Crippen LogP contribution is 2.45. The molecule has 0 aliphatic carbocycles. The number of fused-ring (bicyclic) bond motifs is 1. The van der Waals surface area contributed by atoms with Crippen LogP contribution in [0.1, 0.15) is 30.9 Å². The summed E-state index contributed by atoms with van der Waals surface area (Å²) >= 11 is 10.2. The Hall–Kier alpha value is -1.96. The van der Waals surface area contributed by atoms with E-state index in [2.05, 4.69) is 22.9 Å². The number of nitrogens with zero attached hydrogens (tertiary/aromatic N) is 2. The van der Waals surface area contributed by atoms with Gasteiger partial charge >= 0.3 is 0 Å². The van der Waals surface area contributed by atoms with Crippen LogP contribution < -0.4 is 4.90 Å². The highest BCUT2D eigenvalue weighted by Gasteiger charge is 2.41. The van der Waals surface area contributed by atoms with Crippen LogP contribution >= 0.6 is 39.9 Å². The van der Waals surface area contributed by atoms with E-state index in [-0.39, 0.29) is 11.8 Å². The van der Waals surface area contributed by atoms with Crippen molar-refractivity contribution in [2.24, 2.45) is 0 Å². The summed E-state index contributed by atoms with van der Waals surface area (Å²) < 4.78 is 1.36. The molecule has 2 aliphatic rings. The standard InChI is InChI=1S/C22H19BrN2O2S2/c1-2-3-11-24-17-10-9-15(23)12-16(17)18(20(24)26)19-21(27)25(22(28)29-19)13-14-7-5-4-6-8-14/h4-10,12H,2-3,11,13H2,1H3. The Balaban J connectivity index is 1.74. The SMILES string of the molecule is CCCCN1C(=O)C(=C2SC(=S)N(Cc3ccccc3)C2=O)c2cc(Br)ccc21. The molecule has 7 heteroatoms. The predicted molar refractivity (Wildman–Crippen MR) is 126 cm³/mol. The largest absolute Gasteiger partial charge is 0.308 e. The number of hydrogen-bond acceptors (Lipinski definition) is 4. The lowest BCUT2D eigenvalue weighted by molar-refractivity contribution is -0.122. The van der Waals surface area contributed by atoms with Gasteiger partial charge in [-0.25, -0.2) is 0 Å². The number of carbonyl (C=O) groups is 2. The lowest BCUT2D eigenvalue weighted by atomic mass is 10.1. The van der Waals surface area contributed by atoms with Gasteiger partial charge in [0.25, 0.3) is 11.8 Å². The molecule has 2 aliphatic heterocycles. The van der Waals surface area contributed by atoms with Gasteiger partial charge in [0.1, 0.15) is 4.32 Å². The minimum atomic E-state index is -0.199. The number of benzene rings is 2. The summed E-state index contributed by atoms with van der Waals surface area (Å²) in [5, 5.41) is 0. The summed E-state index contributed by atoms with van der Waals surface area (Å²) in [6.45, 7) is 3.14. The summed E-state index contributed by atoms with van der Waals surface area (Å²) in [5.74, 6) is -0.317. The molecule has 0 aromatic heterocycles. The second kappa shape index (κ2) is 8.42. The third kappa shape index (κ3) is 3.79. The predicted octanol–water partition coefficient (Wildman–Crippen LogP) is 5.37. The van der Waals surface area contributed by atoms with Crippen molar-refractivity contribution in [3.05, 3.63) is 69.0 Å². The molecule has 29 heavy (non-hydrogen) atoms. The summed E-state index contributed by atoms with van der Waals surface area (Å²) in [7, 11) is 0. The van der Waals surface area contributed by atoms with Crippen LogP contribution in [0.4, 0.5) is 5.69 Å². The van der Waals surface area contributed by atoms with Crippen LogP contribution in [0.15, 0.2) is 57.9 Å². The zero-order valence-electron chi connectivity index (χ0n) is 15.9. The van der Waals surface area contributed by atoms with Crippen molar-refractivity contribution in [2.75, 3.05) is 11.4 Å². The van der Waals surface area contributed by atoms with Gasteiger partial charge in [0, 0.05) is 16.6 Å². The number of thioether (sulfide) groups is 1. The van der Waals surface area contributed by atoms with Gasteiger partial charge in [0.05, 0.1) is 22.7 Å². The van der Waals surface area contributed by atoms with Gasteiger partial charge in [-0.1, -0.05) is 83.6 Å². The van der Waals surface area contributed by atoms with Gasteiger partial charge in [0.2, 0.25) is 0 Å². The molecule has 2 aromatic rings. The normalized spacial score (nSPS) is 18.8. The molecule has 0 bridgehead atoms. The van der Waals surface area contributed by atoms with Gasteiger partial charge in [-0.05, 0) is 30.2 Å². The zero-order valence-corrected chi connectivity index (χ0v) is 19.1. The number of hydrogen-bond donors (Lipinski definition) is 0. The molecule has 4 rings (SSSR count). The van der Waals surface area contributed by atoms with E-state index in [0.29, 0.717) is 27.9 Å². The van der Waals surface area contributed by atoms with E-state index in [1.165, 1.54) is 11.8 Å². The van der Waals surface area contributed by atoms with E-state index < -0.39 is 0 Å². The van der Waals surface area contributed by atoms with Crippen LogP contribution in [-0.2, 0) is 16.1 Å². The molecule has 0 spiro atoms. The molecule has 0 atom stereocenters. The van der Waals surface area contributed by atoms with E-state index in [4.69, 9.17) is 12.2 Å². The summed E-state index contributed by atoms with van der Waals surface area (Å²) in [6.07, 6.45) is 1.90. The van der Waals surface area contributed by atoms with Crippen molar-refractivity contribution in [1.82, 2.24) is 4.90 Å². The van der Waals surface area contributed by atoms with Gasteiger partial charge < -0.3 is 4.90 Å². The van der Waals surface area contributed by atoms with Crippen molar-refractivity contribution in [3.8, 4) is 0 Å². The third-order valence-corrected chi connectivity index (χ3v) is 6.91. The van der Waals surface area contributed by atoms with Gasteiger partial charge in [-0.15, -0.1) is 0 Å². The molecular formula is C22H19BrN2O2S2. The topological polar surface area (TPSA) is 40.6 Å². The summed E-state index contributed by atoms with van der Waals surface area (Å²) in [6, 6.07) is 15.5. The van der Waals surface area contributed by atoms with Crippen molar-refractivity contribution in [1.29, 1.82) is 0 Å². The zero-order chi connectivity index (χ0) is 20.5. The molecule has 2 heterocycles. The van der Waals surface area contributed by atoms with Gasteiger partial charge in [-0.3, -0.25) is 14.5 Å². The molecule has 0 unspecified atom stereocenters. The first kappa shape index (κ1) is 20.3. The van der Waals surface area contributed by atoms with Crippen LogP contribution in [0.25, 0.3) is 5.57 Å². The Labute approximate surface area is 188 Å². The number of thiocarbonyl (C=S) groups is 1. The lowest BCUT2D eigenvalue weighted by Gasteiger charge is -2.16. The first-order chi connectivity index (χ1) is 14.0. The Morgan fingerprint density at radius 2 is 1.79 bits per heavy atom. The van der Waals surface area contributed by atoms with E-state index in [1.807, 2.05) is 48.5 Å². The molecular weight excluding hydrogens is 468 g/mol. The van der Waals surface area contributed by atoms with Crippen LogP contribution in [0.2, 0.25) is 0 Å². The third-order valence-electron chi connectivity index (χ3n) is 4.97. The maximum Gasteiger partial charge on any atom is 0.267 e. The van der Waals surface area contributed by atoms with E-state index in [9.17, 15) is 9.59 Å². The minimum Gasteiger partial charge on any atom is -0.308 e.